The van der Waals surface area contributed by atoms with Crippen LogP contribution in [0.2, 0.25) is 0 Å². The van der Waals surface area contributed by atoms with Crippen LogP contribution in [0, 0.1) is 6.92 Å². The summed E-state index contributed by atoms with van der Waals surface area (Å²) in [5, 5.41) is 0. The average molecular weight is 462 g/mol. The van der Waals surface area contributed by atoms with Crippen molar-refractivity contribution in [2.45, 2.75) is 143 Å². The lowest BCUT2D eigenvalue weighted by Gasteiger charge is -2.17. The maximum absolute atomic E-state index is 2.55. The summed E-state index contributed by atoms with van der Waals surface area (Å²) in [7, 11) is 0. The van der Waals surface area contributed by atoms with E-state index in [9.17, 15) is 0 Å². The van der Waals surface area contributed by atoms with E-state index >= 15 is 0 Å². The second-order valence-corrected chi connectivity index (χ2v) is 10.1. The van der Waals surface area contributed by atoms with Gasteiger partial charge in [0.25, 0.3) is 0 Å². The average Bonchev–Trinajstić information content (AvgIpc) is 2.81. The molecule has 0 aliphatic carbocycles. The molecule has 0 amide bonds. The van der Waals surface area contributed by atoms with E-state index in [1.807, 2.05) is 0 Å². The molecule has 2 heteroatoms. The third-order valence-electron chi connectivity index (χ3n) is 7.33. The molecule has 0 aliphatic heterocycles. The lowest BCUT2D eigenvalue weighted by Crippen LogP contribution is -2.23. The van der Waals surface area contributed by atoms with Crippen molar-refractivity contribution < 1.29 is 5.48 Å². The fourth-order valence-electron chi connectivity index (χ4n) is 4.91. The van der Waals surface area contributed by atoms with Crippen molar-refractivity contribution in [3.05, 3.63) is 35.4 Å². The highest BCUT2D eigenvalue weighted by molar-refractivity contribution is 5.25. The Labute approximate surface area is 208 Å². The van der Waals surface area contributed by atoms with E-state index in [0.29, 0.717) is 0 Å². The summed E-state index contributed by atoms with van der Waals surface area (Å²) >= 11 is 0. The first-order valence-electron chi connectivity index (χ1n) is 14.5. The van der Waals surface area contributed by atoms with E-state index in [1.165, 1.54) is 147 Å². The van der Waals surface area contributed by atoms with Crippen molar-refractivity contribution in [1.29, 1.82) is 0 Å². The molecule has 0 saturated heterocycles. The van der Waals surface area contributed by atoms with Gasteiger partial charge in [-0.15, -0.1) is 0 Å². The molecule has 0 saturated carbocycles. The monoisotopic (exact) mass is 461 g/mol. The quantitative estimate of drug-likeness (QED) is 0.150. The second kappa shape index (κ2) is 24.3. The summed E-state index contributed by atoms with van der Waals surface area (Å²) in [5.41, 5.74) is 3.01. The molecule has 0 atom stereocenters. The zero-order chi connectivity index (χ0) is 23.1. The largest absolute Gasteiger partial charge is 0.412 e. The zero-order valence-corrected chi connectivity index (χ0v) is 22.8. The van der Waals surface area contributed by atoms with Crippen LogP contribution in [0.1, 0.15) is 141 Å². The Morgan fingerprint density at radius 3 is 1.27 bits per heavy atom. The van der Waals surface area contributed by atoms with Crippen LogP contribution >= 0.6 is 0 Å². The van der Waals surface area contributed by atoms with Crippen LogP contribution < -0.4 is 0 Å². The molecule has 1 aromatic carbocycles. The van der Waals surface area contributed by atoms with Gasteiger partial charge < -0.3 is 10.4 Å². The SMILES string of the molecule is CCN(CC)CCCCCCCCCCCCCCCCCCCCc1ccccc1C.O. The standard InChI is InChI=1S/C31H57N.H2O/c1-4-32(5-2)29-25-21-19-17-15-13-11-9-7-6-8-10-12-14-16-18-20-22-27-31-28-24-23-26-30(31)3;/h23-24,26,28H,4-22,25,27,29H2,1-3H3;1H2. The van der Waals surface area contributed by atoms with E-state index in [4.69, 9.17) is 0 Å². The number of rotatable bonds is 23. The summed E-state index contributed by atoms with van der Waals surface area (Å²) in [4.78, 5) is 2.55. The summed E-state index contributed by atoms with van der Waals surface area (Å²) in [6.45, 7) is 10.5. The summed E-state index contributed by atoms with van der Waals surface area (Å²) in [5.74, 6) is 0. The molecule has 0 heterocycles. The number of hydrogen-bond donors (Lipinski definition) is 0. The smallest absolute Gasteiger partial charge is 0.00190 e. The van der Waals surface area contributed by atoms with E-state index < -0.39 is 0 Å². The van der Waals surface area contributed by atoms with Crippen molar-refractivity contribution in [3.63, 3.8) is 0 Å². The number of benzene rings is 1. The van der Waals surface area contributed by atoms with Gasteiger partial charge in [-0.05, 0) is 56.9 Å². The highest BCUT2D eigenvalue weighted by Crippen LogP contribution is 2.16. The summed E-state index contributed by atoms with van der Waals surface area (Å²) in [6.07, 6.45) is 27.4. The lowest BCUT2D eigenvalue weighted by molar-refractivity contribution is 0.295. The van der Waals surface area contributed by atoms with Gasteiger partial charge in [-0.25, -0.2) is 0 Å². The van der Waals surface area contributed by atoms with Gasteiger partial charge in [0.15, 0.2) is 0 Å². The van der Waals surface area contributed by atoms with Gasteiger partial charge in [-0.1, -0.05) is 141 Å². The molecule has 0 aromatic heterocycles. The highest BCUT2D eigenvalue weighted by Gasteiger charge is 1.99. The summed E-state index contributed by atoms with van der Waals surface area (Å²) in [6, 6.07) is 8.87. The van der Waals surface area contributed by atoms with E-state index in [0.717, 1.165) is 0 Å². The van der Waals surface area contributed by atoms with Gasteiger partial charge in [-0.3, -0.25) is 0 Å². The zero-order valence-electron chi connectivity index (χ0n) is 22.8. The van der Waals surface area contributed by atoms with Crippen molar-refractivity contribution in [3.8, 4) is 0 Å². The molecular weight excluding hydrogens is 402 g/mol. The minimum absolute atomic E-state index is 0. The maximum Gasteiger partial charge on any atom is -0.00190 e. The van der Waals surface area contributed by atoms with Crippen LogP contribution in [0.15, 0.2) is 24.3 Å². The van der Waals surface area contributed by atoms with Gasteiger partial charge >= 0.3 is 0 Å². The van der Waals surface area contributed by atoms with Crippen LogP contribution in [-0.4, -0.2) is 30.0 Å². The minimum atomic E-state index is 0. The van der Waals surface area contributed by atoms with Gasteiger partial charge in [-0.2, -0.15) is 0 Å². The number of hydrogen-bond acceptors (Lipinski definition) is 1. The Bertz CT molecular complexity index is 511. The van der Waals surface area contributed by atoms with Gasteiger partial charge in [0.05, 0.1) is 0 Å². The first-order chi connectivity index (χ1) is 15.8. The van der Waals surface area contributed by atoms with Crippen molar-refractivity contribution in [1.82, 2.24) is 4.90 Å². The van der Waals surface area contributed by atoms with Crippen molar-refractivity contribution >= 4 is 0 Å². The Morgan fingerprint density at radius 2 is 0.879 bits per heavy atom. The molecule has 194 valence electrons. The number of aryl methyl sites for hydroxylation is 2. The van der Waals surface area contributed by atoms with Crippen LogP contribution in [0.5, 0.6) is 0 Å². The van der Waals surface area contributed by atoms with E-state index in [-0.39, 0.29) is 5.48 Å². The Kier molecular flexibility index (Phi) is 23.6. The van der Waals surface area contributed by atoms with Crippen molar-refractivity contribution in [2.24, 2.45) is 0 Å². The topological polar surface area (TPSA) is 34.7 Å². The fourth-order valence-corrected chi connectivity index (χ4v) is 4.91. The fraction of sp³-hybridized carbons (Fsp3) is 0.806. The molecule has 0 aliphatic rings. The molecule has 0 unspecified atom stereocenters. The van der Waals surface area contributed by atoms with Gasteiger partial charge in [0, 0.05) is 0 Å². The first-order valence-corrected chi connectivity index (χ1v) is 14.5. The normalized spacial score (nSPS) is 11.2. The molecule has 0 spiro atoms. The minimum Gasteiger partial charge on any atom is -0.412 e. The molecule has 33 heavy (non-hydrogen) atoms. The predicted octanol–water partition coefficient (Wildman–Crippen LogP) is 9.08. The van der Waals surface area contributed by atoms with Gasteiger partial charge in [0.1, 0.15) is 0 Å². The predicted molar refractivity (Wildman–Crippen MR) is 149 cm³/mol. The molecule has 0 bridgehead atoms. The molecular formula is C31H59NO. The first kappa shape index (κ1) is 32.1. The number of unbranched alkanes of at least 4 members (excludes halogenated alkanes) is 17. The molecule has 2 N–H and O–H groups in total. The molecule has 0 fully saturated rings. The van der Waals surface area contributed by atoms with Crippen LogP contribution in [0.4, 0.5) is 0 Å². The maximum atomic E-state index is 2.55. The Balaban J connectivity index is 0.0000102. The van der Waals surface area contributed by atoms with E-state index in [2.05, 4.69) is 49.9 Å². The molecule has 1 aromatic rings. The highest BCUT2D eigenvalue weighted by atomic mass is 16.0. The Morgan fingerprint density at radius 1 is 0.515 bits per heavy atom. The van der Waals surface area contributed by atoms with Crippen LogP contribution in [0.3, 0.4) is 0 Å². The molecule has 0 radical (unpaired) electrons. The second-order valence-electron chi connectivity index (χ2n) is 10.1. The number of nitrogens with zero attached hydrogens (tertiary/aromatic N) is 1. The van der Waals surface area contributed by atoms with Gasteiger partial charge in [0.2, 0.25) is 0 Å². The molecule has 2 nitrogen and oxygen atoms in total. The van der Waals surface area contributed by atoms with Crippen LogP contribution in [-0.2, 0) is 6.42 Å². The van der Waals surface area contributed by atoms with Crippen LogP contribution in [0.25, 0.3) is 0 Å². The lowest BCUT2D eigenvalue weighted by atomic mass is 10.0. The van der Waals surface area contributed by atoms with E-state index in [1.54, 1.807) is 5.56 Å². The molecule has 1 rings (SSSR count). The summed E-state index contributed by atoms with van der Waals surface area (Å²) < 4.78 is 0. The third kappa shape index (κ3) is 19.2. The Hall–Kier alpha value is -0.860. The third-order valence-corrected chi connectivity index (χ3v) is 7.33. The van der Waals surface area contributed by atoms with Crippen molar-refractivity contribution in [2.75, 3.05) is 19.6 Å².